The summed E-state index contributed by atoms with van der Waals surface area (Å²) in [5, 5.41) is 12.4. The van der Waals surface area contributed by atoms with Crippen LogP contribution in [0.5, 0.6) is 0 Å². The number of allylic oxidation sites excluding steroid dienone is 1. The summed E-state index contributed by atoms with van der Waals surface area (Å²) in [5.74, 6) is -1.70. The van der Waals surface area contributed by atoms with Gasteiger partial charge in [-0.25, -0.2) is 15.0 Å². The van der Waals surface area contributed by atoms with E-state index >= 15 is 4.48 Å². The number of ether oxygens (including phenoxy) is 1. The lowest BCUT2D eigenvalue weighted by atomic mass is 9.81. The quantitative estimate of drug-likeness (QED) is 0.140. The molecule has 0 unspecified atom stereocenters. The number of hydrogen-bond acceptors (Lipinski definition) is 7. The molecule has 1 amide bonds. The molecule has 232 valence electrons. The summed E-state index contributed by atoms with van der Waals surface area (Å²) in [7, 11) is 0. The fourth-order valence-corrected chi connectivity index (χ4v) is 5.76. The van der Waals surface area contributed by atoms with Gasteiger partial charge in [-0.15, -0.1) is 0 Å². The summed E-state index contributed by atoms with van der Waals surface area (Å²) < 4.78 is 62.7. The number of alkyl halides is 3. The average Bonchev–Trinajstić information content (AvgIpc) is 3.52. The minimum atomic E-state index is -4.65. The summed E-state index contributed by atoms with van der Waals surface area (Å²) in [4.78, 5) is 38.1. The minimum absolute atomic E-state index is 0.0494. The Kier molecular flexibility index (Phi) is 7.82. The number of hydrogen-bond donors (Lipinski definition) is 2. The van der Waals surface area contributed by atoms with Crippen LogP contribution in [0.4, 0.5) is 29.3 Å². The molecule has 1 saturated carbocycles. The van der Waals surface area contributed by atoms with Crippen molar-refractivity contribution in [3.63, 3.8) is 0 Å². The Morgan fingerprint density at radius 3 is 2.64 bits per heavy atom. The van der Waals surface area contributed by atoms with Crippen LogP contribution in [0.1, 0.15) is 57.1 Å². The summed E-state index contributed by atoms with van der Waals surface area (Å²) >= 11 is 0. The zero-order valence-corrected chi connectivity index (χ0v) is 24.2. The Balaban J connectivity index is 1.54. The van der Waals surface area contributed by atoms with Crippen LogP contribution in [0.3, 0.4) is 0 Å². The number of carboxylic acids is 1. The first kappa shape index (κ1) is 30.9. The van der Waals surface area contributed by atoms with Crippen LogP contribution in [0.25, 0.3) is 11.1 Å². The van der Waals surface area contributed by atoms with Gasteiger partial charge in [0, 0.05) is 41.8 Å². The SMILES string of the molecule is C=C1/C(=C\C(=C/COCC)C(=O)Nc2cc(C(F)(F)F)ccn2)N(F)c2nccn3c([C@@]4(C)CC[C@](C)(C(=O)O)C4)nc1c23. The maximum absolute atomic E-state index is 16.1. The highest BCUT2D eigenvalue weighted by atomic mass is 19.4. The number of aliphatic carboxylic acids is 1. The van der Waals surface area contributed by atoms with Gasteiger partial charge < -0.3 is 15.2 Å². The third-order valence-corrected chi connectivity index (χ3v) is 8.10. The molecule has 0 bridgehead atoms. The number of carbonyl (C=O) groups excluding carboxylic acids is 1. The first-order valence-corrected chi connectivity index (χ1v) is 13.8. The highest BCUT2D eigenvalue weighted by Gasteiger charge is 2.50. The number of amides is 1. The zero-order valence-electron chi connectivity index (χ0n) is 24.2. The van der Waals surface area contributed by atoms with E-state index in [1.807, 2.05) is 6.92 Å². The van der Waals surface area contributed by atoms with Gasteiger partial charge in [0.2, 0.25) is 0 Å². The van der Waals surface area contributed by atoms with Crippen molar-refractivity contribution in [2.45, 2.75) is 51.6 Å². The minimum Gasteiger partial charge on any atom is -0.481 e. The van der Waals surface area contributed by atoms with Gasteiger partial charge in [-0.2, -0.15) is 18.3 Å². The van der Waals surface area contributed by atoms with Crippen LogP contribution in [0.15, 0.2) is 60.7 Å². The summed E-state index contributed by atoms with van der Waals surface area (Å²) in [5.41, 5.74) is -2.16. The predicted octanol–water partition coefficient (Wildman–Crippen LogP) is 5.88. The second-order valence-corrected chi connectivity index (χ2v) is 11.3. The molecule has 1 aliphatic carbocycles. The predicted molar refractivity (Wildman–Crippen MR) is 153 cm³/mol. The lowest BCUT2D eigenvalue weighted by Crippen LogP contribution is -2.29. The maximum Gasteiger partial charge on any atom is 0.416 e. The molecule has 14 heteroatoms. The normalized spacial score (nSPS) is 23.1. The van der Waals surface area contributed by atoms with Gasteiger partial charge in [-0.1, -0.05) is 18.0 Å². The molecule has 1 fully saturated rings. The van der Waals surface area contributed by atoms with E-state index in [-0.39, 0.29) is 40.2 Å². The maximum atomic E-state index is 16.1. The number of pyridine rings is 1. The second kappa shape index (κ2) is 11.2. The third-order valence-electron chi connectivity index (χ3n) is 8.10. The number of carbonyl (C=O) groups is 2. The average molecular weight is 615 g/mol. The van der Waals surface area contributed by atoms with Crippen LogP contribution in [0.2, 0.25) is 0 Å². The van der Waals surface area contributed by atoms with Crippen LogP contribution in [0, 0.1) is 5.41 Å². The van der Waals surface area contributed by atoms with E-state index in [0.29, 0.717) is 49.0 Å². The lowest BCUT2D eigenvalue weighted by molar-refractivity contribution is -0.147. The van der Waals surface area contributed by atoms with Gasteiger partial charge >= 0.3 is 12.1 Å². The fourth-order valence-electron chi connectivity index (χ4n) is 5.76. The number of imidazole rings is 1. The summed E-state index contributed by atoms with van der Waals surface area (Å²) in [6.07, 6.45) is 3.12. The molecule has 1 aliphatic heterocycles. The smallest absolute Gasteiger partial charge is 0.416 e. The summed E-state index contributed by atoms with van der Waals surface area (Å²) in [6.45, 7) is 9.66. The van der Waals surface area contributed by atoms with E-state index < -0.39 is 34.4 Å². The topological polar surface area (TPSA) is 122 Å². The van der Waals surface area contributed by atoms with Gasteiger partial charge in [0.25, 0.3) is 5.91 Å². The molecule has 3 aromatic heterocycles. The van der Waals surface area contributed by atoms with E-state index in [1.54, 1.807) is 24.4 Å². The first-order valence-electron chi connectivity index (χ1n) is 13.8. The standard InChI is InChI=1S/C30H30F4N6O4/c1-5-44-13-7-18(25(41)37-21-15-19(6-10-35-21)30(31,32)33)14-20-17(2)22-23-24(40(20)34)36-11-12-39(23)26(38-22)28(3)8-9-29(4,16-28)27(42)43/h6-7,10-12,14-15H,2,5,8-9,13,16H2,1,3-4H3,(H,42,43)(H,35,37,41)/b18-7+,20-14+/t28-,29-/m0/s1. The Labute approximate surface area is 249 Å². The molecule has 10 nitrogen and oxygen atoms in total. The van der Waals surface area contributed by atoms with E-state index in [9.17, 15) is 27.9 Å². The van der Waals surface area contributed by atoms with Crippen molar-refractivity contribution in [3.05, 3.63) is 77.8 Å². The van der Waals surface area contributed by atoms with E-state index in [2.05, 4.69) is 21.9 Å². The third kappa shape index (κ3) is 5.45. The number of anilines is 2. The Bertz CT molecular complexity index is 1730. The van der Waals surface area contributed by atoms with Crippen molar-refractivity contribution >= 4 is 34.6 Å². The summed E-state index contributed by atoms with van der Waals surface area (Å²) in [6, 6.07) is 1.46. The van der Waals surface area contributed by atoms with Gasteiger partial charge in [0.15, 0.2) is 5.82 Å². The molecule has 2 N–H and O–H groups in total. The second-order valence-electron chi connectivity index (χ2n) is 11.3. The number of rotatable bonds is 8. The fraction of sp³-hybridized carbons (Fsp3) is 0.367. The molecule has 44 heavy (non-hydrogen) atoms. The van der Waals surface area contributed by atoms with Crippen LogP contribution in [-0.2, 0) is 25.9 Å². The molecule has 5 rings (SSSR count). The van der Waals surface area contributed by atoms with Crippen LogP contribution >= 0.6 is 0 Å². The number of nitrogens with one attached hydrogen (secondary N) is 1. The van der Waals surface area contributed by atoms with Crippen molar-refractivity contribution in [3.8, 4) is 0 Å². The monoisotopic (exact) mass is 614 g/mol. The Hall–Kier alpha value is -4.59. The molecular formula is C30H30F4N6O4. The van der Waals surface area contributed by atoms with Gasteiger partial charge in [0.1, 0.15) is 22.9 Å². The molecule has 2 atom stereocenters. The lowest BCUT2D eigenvalue weighted by Gasteiger charge is -2.25. The molecule has 0 spiro atoms. The van der Waals surface area contributed by atoms with Crippen LogP contribution in [-0.4, -0.2) is 49.5 Å². The molecule has 0 aromatic carbocycles. The largest absolute Gasteiger partial charge is 0.481 e. The molecular weight excluding hydrogens is 584 g/mol. The number of carboxylic acid groups (broad SMARTS) is 1. The van der Waals surface area contributed by atoms with Crippen LogP contribution < -0.4 is 10.4 Å². The molecule has 0 saturated heterocycles. The van der Waals surface area contributed by atoms with Crippen molar-refractivity contribution < 1.29 is 37.1 Å². The number of aromatic nitrogens is 4. The van der Waals surface area contributed by atoms with Crippen molar-refractivity contribution in [2.75, 3.05) is 23.7 Å². The number of nitrogens with zero attached hydrogens (tertiary/aromatic N) is 5. The van der Waals surface area contributed by atoms with Crippen molar-refractivity contribution in [1.29, 1.82) is 0 Å². The van der Waals surface area contributed by atoms with E-state index in [4.69, 9.17) is 9.72 Å². The first-order chi connectivity index (χ1) is 20.7. The van der Waals surface area contributed by atoms with Crippen molar-refractivity contribution in [2.24, 2.45) is 5.41 Å². The highest BCUT2D eigenvalue weighted by molar-refractivity contribution is 6.07. The van der Waals surface area contributed by atoms with Gasteiger partial charge in [-0.05, 0) is 57.4 Å². The molecule has 0 radical (unpaired) electrons. The van der Waals surface area contributed by atoms with E-state index in [1.165, 1.54) is 18.3 Å². The Morgan fingerprint density at radius 2 is 1.98 bits per heavy atom. The van der Waals surface area contributed by atoms with Gasteiger partial charge in [-0.3, -0.25) is 14.0 Å². The van der Waals surface area contributed by atoms with E-state index in [0.717, 1.165) is 12.3 Å². The zero-order chi connectivity index (χ0) is 32.0. The molecule has 2 aliphatic rings. The Morgan fingerprint density at radius 1 is 1.23 bits per heavy atom. The number of halogens is 4. The van der Waals surface area contributed by atoms with Crippen molar-refractivity contribution in [1.82, 2.24) is 19.4 Å². The van der Waals surface area contributed by atoms with Gasteiger partial charge in [0.05, 0.1) is 23.3 Å². The molecule has 4 heterocycles. The molecule has 3 aromatic rings. The highest BCUT2D eigenvalue weighted by Crippen LogP contribution is 2.52.